The van der Waals surface area contributed by atoms with Gasteiger partial charge < -0.3 is 9.84 Å². The lowest BCUT2D eigenvalue weighted by Gasteiger charge is -2.06. The van der Waals surface area contributed by atoms with E-state index in [1.54, 1.807) is 18.2 Å². The third-order valence-electron chi connectivity index (χ3n) is 2.75. The Morgan fingerprint density at radius 3 is 2.86 bits per heavy atom. The average Bonchev–Trinajstić information content (AvgIpc) is 2.50. The largest absolute Gasteiger partial charge is 0.504 e. The summed E-state index contributed by atoms with van der Waals surface area (Å²) in [6.07, 6.45) is 1.30. The number of methoxy groups -OCH3 is 1. The lowest BCUT2D eigenvalue weighted by Crippen LogP contribution is -2.17. The van der Waals surface area contributed by atoms with Crippen molar-refractivity contribution in [3.63, 3.8) is 0 Å². The fourth-order valence-corrected chi connectivity index (χ4v) is 2.46. The minimum absolute atomic E-state index is 0.0980. The molecule has 5 nitrogen and oxygen atoms in total. The van der Waals surface area contributed by atoms with Gasteiger partial charge in [-0.05, 0) is 46.9 Å². The number of ether oxygens (including phenoxy) is 1. The maximum Gasteiger partial charge on any atom is 0.271 e. The van der Waals surface area contributed by atoms with Crippen molar-refractivity contribution >= 4 is 46.3 Å². The monoisotopic (exact) mass is 430 g/mol. The van der Waals surface area contributed by atoms with Crippen LogP contribution in [-0.2, 0) is 0 Å². The Bertz CT molecular complexity index is 735. The van der Waals surface area contributed by atoms with E-state index < -0.39 is 0 Å². The van der Waals surface area contributed by atoms with Crippen LogP contribution in [0.25, 0.3) is 0 Å². The molecule has 22 heavy (non-hydrogen) atoms. The summed E-state index contributed by atoms with van der Waals surface area (Å²) in [4.78, 5) is 11.9. The lowest BCUT2D eigenvalue weighted by molar-refractivity contribution is 0.0955. The second-order valence-corrected chi connectivity index (χ2v) is 5.94. The summed E-state index contributed by atoms with van der Waals surface area (Å²) in [5.74, 6) is -0.208. The molecule has 2 aromatic carbocycles. The Morgan fingerprint density at radius 2 is 2.18 bits per heavy atom. The third-order valence-corrected chi connectivity index (χ3v) is 3.63. The molecule has 0 heterocycles. The van der Waals surface area contributed by atoms with Crippen LogP contribution in [0.1, 0.15) is 15.9 Å². The van der Waals surface area contributed by atoms with E-state index in [2.05, 4.69) is 33.1 Å². The first-order valence-corrected chi connectivity index (χ1v) is 7.62. The quantitative estimate of drug-likeness (QED) is 0.444. The van der Waals surface area contributed by atoms with E-state index >= 15 is 0 Å². The van der Waals surface area contributed by atoms with E-state index in [1.807, 2.05) is 6.07 Å². The Hall–Kier alpha value is -1.80. The highest BCUT2D eigenvalue weighted by Gasteiger charge is 2.09. The Kier molecular flexibility index (Phi) is 5.62. The van der Waals surface area contributed by atoms with E-state index in [9.17, 15) is 9.90 Å². The molecule has 0 spiro atoms. The number of nitrogens with one attached hydrogen (secondary N) is 1. The van der Waals surface area contributed by atoms with E-state index in [1.165, 1.54) is 25.5 Å². The zero-order chi connectivity index (χ0) is 16.1. The van der Waals surface area contributed by atoms with Gasteiger partial charge in [0.1, 0.15) is 0 Å². The van der Waals surface area contributed by atoms with Gasteiger partial charge in [-0.3, -0.25) is 4.79 Å². The van der Waals surface area contributed by atoms with Gasteiger partial charge in [0.05, 0.1) is 13.3 Å². The first-order chi connectivity index (χ1) is 10.5. The summed E-state index contributed by atoms with van der Waals surface area (Å²) in [5.41, 5.74) is 3.23. The molecule has 2 aromatic rings. The third kappa shape index (κ3) is 4.11. The summed E-state index contributed by atoms with van der Waals surface area (Å²) < 4.78 is 5.94. The van der Waals surface area contributed by atoms with Crippen molar-refractivity contribution in [2.75, 3.05) is 7.11 Å². The molecule has 0 unspecified atom stereocenters. The molecule has 0 radical (unpaired) electrons. The molecule has 0 atom stereocenters. The average molecular weight is 431 g/mol. The minimum Gasteiger partial charge on any atom is -0.504 e. The molecule has 2 N–H and O–H groups in total. The number of benzene rings is 2. The van der Waals surface area contributed by atoms with Crippen LogP contribution in [0.5, 0.6) is 11.5 Å². The number of hydrogen-bond acceptors (Lipinski definition) is 4. The van der Waals surface area contributed by atoms with Gasteiger partial charge >= 0.3 is 0 Å². The molecule has 0 aliphatic heterocycles. The number of carbonyl (C=O) groups is 1. The van der Waals surface area contributed by atoms with Crippen LogP contribution in [0.15, 0.2) is 41.5 Å². The highest BCUT2D eigenvalue weighted by Crippen LogP contribution is 2.32. The van der Waals surface area contributed by atoms with Crippen molar-refractivity contribution < 1.29 is 14.6 Å². The summed E-state index contributed by atoms with van der Waals surface area (Å²) >= 11 is 8.04. The molecule has 0 saturated heterocycles. The molecule has 0 saturated carbocycles. The minimum atomic E-state index is -0.344. The topological polar surface area (TPSA) is 70.9 Å². The van der Waals surface area contributed by atoms with Crippen molar-refractivity contribution in [1.82, 2.24) is 5.43 Å². The number of nitrogens with zero attached hydrogens (tertiary/aromatic N) is 1. The van der Waals surface area contributed by atoms with Crippen molar-refractivity contribution in [2.24, 2.45) is 5.10 Å². The normalized spacial score (nSPS) is 10.7. The number of aromatic hydroxyl groups is 1. The first kappa shape index (κ1) is 16.6. The van der Waals surface area contributed by atoms with Crippen LogP contribution >= 0.6 is 34.2 Å². The fourth-order valence-electron chi connectivity index (χ4n) is 1.70. The molecule has 0 fully saturated rings. The zero-order valence-corrected chi connectivity index (χ0v) is 14.4. The summed E-state index contributed by atoms with van der Waals surface area (Å²) in [7, 11) is 1.42. The molecule has 7 heteroatoms. The van der Waals surface area contributed by atoms with Crippen LogP contribution in [0, 0.1) is 3.57 Å². The Balaban J connectivity index is 2.13. The molecule has 1 amide bonds. The first-order valence-electron chi connectivity index (χ1n) is 6.16. The van der Waals surface area contributed by atoms with Crippen molar-refractivity contribution in [1.29, 1.82) is 0 Å². The lowest BCUT2D eigenvalue weighted by atomic mass is 10.2. The van der Waals surface area contributed by atoms with E-state index in [0.717, 1.165) is 3.57 Å². The highest BCUT2D eigenvalue weighted by atomic mass is 127. The standard InChI is InChI=1S/C15H12ClIN2O3/c1-22-13-7-11(16)5-10(14(13)20)8-18-19-15(21)9-3-2-4-12(17)6-9/h2-8,20H,1H3,(H,19,21). The predicted molar refractivity (Wildman–Crippen MR) is 93.9 cm³/mol. The van der Waals surface area contributed by atoms with Gasteiger partial charge in [-0.15, -0.1) is 0 Å². The highest BCUT2D eigenvalue weighted by molar-refractivity contribution is 14.1. The number of amides is 1. The predicted octanol–water partition coefficient (Wildman–Crippen LogP) is 3.42. The molecule has 0 aromatic heterocycles. The van der Waals surface area contributed by atoms with E-state index in [4.69, 9.17) is 16.3 Å². The Morgan fingerprint density at radius 1 is 1.41 bits per heavy atom. The van der Waals surface area contributed by atoms with Gasteiger partial charge in [-0.25, -0.2) is 5.43 Å². The number of rotatable bonds is 4. The van der Waals surface area contributed by atoms with Crippen LogP contribution in [0.4, 0.5) is 0 Å². The van der Waals surface area contributed by atoms with Crippen LogP contribution in [-0.4, -0.2) is 24.3 Å². The van der Waals surface area contributed by atoms with Crippen LogP contribution < -0.4 is 10.2 Å². The molecular formula is C15H12ClIN2O3. The van der Waals surface area contributed by atoms with Crippen LogP contribution in [0.2, 0.25) is 5.02 Å². The maximum absolute atomic E-state index is 11.9. The second-order valence-electron chi connectivity index (χ2n) is 4.26. The number of phenolic OH excluding ortho intramolecular Hbond substituents is 1. The van der Waals surface area contributed by atoms with Gasteiger partial charge in [0, 0.05) is 25.8 Å². The Labute approximate surface area is 146 Å². The number of hydrogen-bond donors (Lipinski definition) is 2. The van der Waals surface area contributed by atoms with Crippen molar-refractivity contribution in [2.45, 2.75) is 0 Å². The van der Waals surface area contributed by atoms with Gasteiger partial charge in [0.25, 0.3) is 5.91 Å². The number of halogens is 2. The summed E-state index contributed by atoms with van der Waals surface area (Å²) in [6.45, 7) is 0. The molecular weight excluding hydrogens is 419 g/mol. The maximum atomic E-state index is 11.9. The number of phenols is 1. The fraction of sp³-hybridized carbons (Fsp3) is 0.0667. The van der Waals surface area contributed by atoms with Gasteiger partial charge in [0.15, 0.2) is 11.5 Å². The number of hydrazone groups is 1. The second kappa shape index (κ2) is 7.46. The van der Waals surface area contributed by atoms with E-state index in [0.29, 0.717) is 16.1 Å². The van der Waals surface area contributed by atoms with Crippen LogP contribution in [0.3, 0.4) is 0 Å². The SMILES string of the molecule is COc1cc(Cl)cc(C=NNC(=O)c2cccc(I)c2)c1O. The van der Waals surface area contributed by atoms with E-state index in [-0.39, 0.29) is 17.4 Å². The molecule has 0 aliphatic rings. The molecule has 2 rings (SSSR count). The van der Waals surface area contributed by atoms with Gasteiger partial charge in [-0.2, -0.15) is 5.10 Å². The summed E-state index contributed by atoms with van der Waals surface area (Å²) in [6, 6.07) is 10.1. The molecule has 0 bridgehead atoms. The van der Waals surface area contributed by atoms with Gasteiger partial charge in [-0.1, -0.05) is 17.7 Å². The van der Waals surface area contributed by atoms with Crippen molar-refractivity contribution in [3.8, 4) is 11.5 Å². The molecule has 114 valence electrons. The zero-order valence-electron chi connectivity index (χ0n) is 11.5. The van der Waals surface area contributed by atoms with Crippen molar-refractivity contribution in [3.05, 3.63) is 56.1 Å². The summed E-state index contributed by atoms with van der Waals surface area (Å²) in [5, 5.41) is 14.2. The molecule has 0 aliphatic carbocycles. The number of carbonyl (C=O) groups excluding carboxylic acids is 1. The van der Waals surface area contributed by atoms with Gasteiger partial charge in [0.2, 0.25) is 0 Å². The smallest absolute Gasteiger partial charge is 0.271 e.